The third kappa shape index (κ3) is 4.52. The van der Waals surface area contributed by atoms with E-state index in [1.54, 1.807) is 6.07 Å². The van der Waals surface area contributed by atoms with Gasteiger partial charge >= 0.3 is 5.69 Å². The second-order valence-corrected chi connectivity index (χ2v) is 7.34. The molecule has 1 amide bonds. The summed E-state index contributed by atoms with van der Waals surface area (Å²) in [6, 6.07) is 4.44. The highest BCUT2D eigenvalue weighted by atomic mass is 16.6. The van der Waals surface area contributed by atoms with Gasteiger partial charge in [-0.3, -0.25) is 14.9 Å². The van der Waals surface area contributed by atoms with Crippen molar-refractivity contribution in [3.8, 4) is 5.75 Å². The van der Waals surface area contributed by atoms with Crippen molar-refractivity contribution in [3.05, 3.63) is 33.9 Å². The van der Waals surface area contributed by atoms with Gasteiger partial charge in [-0.1, -0.05) is 12.8 Å². The second kappa shape index (κ2) is 8.49. The first-order valence-electron chi connectivity index (χ1n) is 9.42. The smallest absolute Gasteiger partial charge is 0.311 e. The van der Waals surface area contributed by atoms with Gasteiger partial charge in [-0.25, -0.2) is 0 Å². The SMILES string of the molecule is COc1ccc(C(=O)NC2CCN(CC3CCCC3)CC2)cc1[N+](=O)[O-]. The van der Waals surface area contributed by atoms with Crippen molar-refractivity contribution in [2.45, 2.75) is 44.6 Å². The number of nitrogens with zero attached hydrogens (tertiary/aromatic N) is 2. The van der Waals surface area contributed by atoms with Crippen molar-refractivity contribution >= 4 is 11.6 Å². The van der Waals surface area contributed by atoms with Crippen LogP contribution < -0.4 is 10.1 Å². The molecule has 1 aliphatic carbocycles. The molecule has 0 radical (unpaired) electrons. The van der Waals surface area contributed by atoms with Gasteiger partial charge in [0, 0.05) is 37.3 Å². The molecule has 1 saturated carbocycles. The Balaban J connectivity index is 1.52. The molecule has 7 heteroatoms. The summed E-state index contributed by atoms with van der Waals surface area (Å²) in [5, 5.41) is 14.1. The summed E-state index contributed by atoms with van der Waals surface area (Å²) in [6.45, 7) is 3.19. The fourth-order valence-corrected chi connectivity index (χ4v) is 4.06. The highest BCUT2D eigenvalue weighted by molar-refractivity contribution is 5.95. The fraction of sp³-hybridized carbons (Fsp3) is 0.632. The zero-order valence-electron chi connectivity index (χ0n) is 15.3. The summed E-state index contributed by atoms with van der Waals surface area (Å²) < 4.78 is 4.98. The standard InChI is InChI=1S/C19H27N3O4/c1-26-18-7-6-15(12-17(18)22(24)25)19(23)20-16-8-10-21(11-9-16)13-14-4-2-3-5-14/h6-7,12,14,16H,2-5,8-11,13H2,1H3,(H,20,23). The Morgan fingerprint density at radius 1 is 1.27 bits per heavy atom. The van der Waals surface area contributed by atoms with Crippen LogP contribution in [0.2, 0.25) is 0 Å². The Labute approximate surface area is 153 Å². The second-order valence-electron chi connectivity index (χ2n) is 7.34. The quantitative estimate of drug-likeness (QED) is 0.622. The van der Waals surface area contributed by atoms with Gasteiger partial charge in [-0.05, 0) is 43.7 Å². The summed E-state index contributed by atoms with van der Waals surface area (Å²) in [4.78, 5) is 25.6. The maximum Gasteiger partial charge on any atom is 0.311 e. The van der Waals surface area contributed by atoms with Gasteiger partial charge in [-0.2, -0.15) is 0 Å². The summed E-state index contributed by atoms with van der Waals surface area (Å²) in [5.41, 5.74) is 0.109. The highest BCUT2D eigenvalue weighted by Crippen LogP contribution is 2.28. The Hall–Kier alpha value is -2.15. The van der Waals surface area contributed by atoms with Gasteiger partial charge in [0.2, 0.25) is 0 Å². The molecule has 142 valence electrons. The molecule has 0 bridgehead atoms. The number of hydrogen-bond donors (Lipinski definition) is 1. The van der Waals surface area contributed by atoms with Crippen molar-refractivity contribution in [2.75, 3.05) is 26.7 Å². The van der Waals surface area contributed by atoms with E-state index in [1.165, 1.54) is 51.5 Å². The Morgan fingerprint density at radius 2 is 1.96 bits per heavy atom. The number of carbonyl (C=O) groups is 1. The molecule has 3 rings (SSSR count). The van der Waals surface area contributed by atoms with Gasteiger partial charge in [0.25, 0.3) is 5.91 Å². The molecule has 1 saturated heterocycles. The van der Waals surface area contributed by atoms with Crippen LogP contribution in [0.1, 0.15) is 48.9 Å². The number of carbonyl (C=O) groups excluding carboxylic acids is 1. The van der Waals surface area contributed by atoms with Crippen LogP contribution in [0.15, 0.2) is 18.2 Å². The zero-order chi connectivity index (χ0) is 18.5. The number of piperidine rings is 1. The van der Waals surface area contributed by atoms with Crippen LogP contribution in [0.5, 0.6) is 5.75 Å². The Kier molecular flexibility index (Phi) is 6.08. The third-order valence-corrected chi connectivity index (χ3v) is 5.55. The van der Waals surface area contributed by atoms with Crippen LogP contribution >= 0.6 is 0 Å². The molecule has 1 aromatic carbocycles. The molecule has 1 heterocycles. The van der Waals surface area contributed by atoms with E-state index < -0.39 is 4.92 Å². The van der Waals surface area contributed by atoms with E-state index in [-0.39, 0.29) is 23.4 Å². The lowest BCUT2D eigenvalue weighted by atomic mass is 10.0. The molecular weight excluding hydrogens is 334 g/mol. The first-order chi connectivity index (χ1) is 12.6. The van der Waals surface area contributed by atoms with Crippen molar-refractivity contribution in [3.63, 3.8) is 0 Å². The summed E-state index contributed by atoms with van der Waals surface area (Å²) in [7, 11) is 1.38. The lowest BCUT2D eigenvalue weighted by molar-refractivity contribution is -0.385. The van der Waals surface area contributed by atoms with E-state index >= 15 is 0 Å². The van der Waals surface area contributed by atoms with Gasteiger partial charge in [0.15, 0.2) is 5.75 Å². The summed E-state index contributed by atoms with van der Waals surface area (Å²) in [5.74, 6) is 0.748. The third-order valence-electron chi connectivity index (χ3n) is 5.55. The molecule has 26 heavy (non-hydrogen) atoms. The number of methoxy groups -OCH3 is 1. The van der Waals surface area contributed by atoms with Crippen LogP contribution in [-0.4, -0.2) is 48.5 Å². The predicted molar refractivity (Wildman–Crippen MR) is 98.5 cm³/mol. The van der Waals surface area contributed by atoms with E-state index in [2.05, 4.69) is 10.2 Å². The Bertz CT molecular complexity index is 650. The number of nitro groups is 1. The maximum atomic E-state index is 12.5. The van der Waals surface area contributed by atoms with Crippen molar-refractivity contribution in [1.29, 1.82) is 0 Å². The maximum absolute atomic E-state index is 12.5. The monoisotopic (exact) mass is 361 g/mol. The minimum Gasteiger partial charge on any atom is -0.490 e. The summed E-state index contributed by atoms with van der Waals surface area (Å²) >= 11 is 0. The Morgan fingerprint density at radius 3 is 2.58 bits per heavy atom. The molecule has 1 aliphatic heterocycles. The van der Waals surface area contributed by atoms with Crippen molar-refractivity contribution in [1.82, 2.24) is 10.2 Å². The van der Waals surface area contributed by atoms with Crippen LogP contribution in [-0.2, 0) is 0 Å². The number of ether oxygens (including phenoxy) is 1. The van der Waals surface area contributed by atoms with Crippen molar-refractivity contribution < 1.29 is 14.5 Å². The first-order valence-corrected chi connectivity index (χ1v) is 9.42. The molecule has 0 spiro atoms. The topological polar surface area (TPSA) is 84.7 Å². The normalized spacial score (nSPS) is 19.4. The average molecular weight is 361 g/mol. The van der Waals surface area contributed by atoms with Crippen LogP contribution in [0.3, 0.4) is 0 Å². The number of amides is 1. The van der Waals surface area contributed by atoms with E-state index in [0.29, 0.717) is 5.56 Å². The number of nitrogens with one attached hydrogen (secondary N) is 1. The van der Waals surface area contributed by atoms with Gasteiger partial charge in [-0.15, -0.1) is 0 Å². The molecule has 2 fully saturated rings. The predicted octanol–water partition coefficient (Wildman–Crippen LogP) is 2.99. The van der Waals surface area contributed by atoms with Crippen LogP contribution in [0, 0.1) is 16.0 Å². The molecule has 1 N–H and O–H groups in total. The lowest BCUT2D eigenvalue weighted by Crippen LogP contribution is -2.45. The van der Waals surface area contributed by atoms with E-state index in [0.717, 1.165) is 31.8 Å². The lowest BCUT2D eigenvalue weighted by Gasteiger charge is -2.33. The molecule has 0 unspecified atom stereocenters. The van der Waals surface area contributed by atoms with Crippen LogP contribution in [0.4, 0.5) is 5.69 Å². The fourth-order valence-electron chi connectivity index (χ4n) is 4.06. The molecule has 1 aromatic rings. The van der Waals surface area contributed by atoms with Crippen molar-refractivity contribution in [2.24, 2.45) is 5.92 Å². The van der Waals surface area contributed by atoms with Gasteiger partial charge in [0.05, 0.1) is 12.0 Å². The van der Waals surface area contributed by atoms with E-state index in [9.17, 15) is 14.9 Å². The molecule has 7 nitrogen and oxygen atoms in total. The largest absolute Gasteiger partial charge is 0.490 e. The van der Waals surface area contributed by atoms with E-state index in [1.807, 2.05) is 0 Å². The zero-order valence-corrected chi connectivity index (χ0v) is 15.3. The number of likely N-dealkylation sites (tertiary alicyclic amines) is 1. The highest BCUT2D eigenvalue weighted by Gasteiger charge is 2.25. The molecular formula is C19H27N3O4. The van der Waals surface area contributed by atoms with Gasteiger partial charge < -0.3 is 15.0 Å². The van der Waals surface area contributed by atoms with E-state index in [4.69, 9.17) is 4.74 Å². The first kappa shape index (κ1) is 18.6. The molecule has 2 aliphatic rings. The average Bonchev–Trinajstić information content (AvgIpc) is 3.15. The number of benzene rings is 1. The molecule has 0 atom stereocenters. The number of rotatable bonds is 6. The minimum atomic E-state index is -0.531. The number of nitro benzene ring substituents is 1. The minimum absolute atomic E-state index is 0.128. The summed E-state index contributed by atoms with van der Waals surface area (Å²) in [6.07, 6.45) is 7.30. The number of hydrogen-bond acceptors (Lipinski definition) is 5. The van der Waals surface area contributed by atoms with Gasteiger partial charge in [0.1, 0.15) is 0 Å². The molecule has 0 aromatic heterocycles. The van der Waals surface area contributed by atoms with Crippen LogP contribution in [0.25, 0.3) is 0 Å².